The summed E-state index contributed by atoms with van der Waals surface area (Å²) in [6.45, 7) is 6.72. The van der Waals surface area contributed by atoms with Crippen LogP contribution in [-0.2, 0) is 11.2 Å². The minimum Gasteiger partial charge on any atom is -0.299 e. The second kappa shape index (κ2) is 4.58. The van der Waals surface area contributed by atoms with Gasteiger partial charge in [0, 0.05) is 6.42 Å². The molecule has 1 aromatic rings. The van der Waals surface area contributed by atoms with Gasteiger partial charge in [-0.1, -0.05) is 57.2 Å². The minimum atomic E-state index is -0.207. The third kappa shape index (κ3) is 1.79. The van der Waals surface area contributed by atoms with Crippen LogP contribution in [0.1, 0.15) is 51.2 Å². The monoisotopic (exact) mass is 268 g/mol. The Labute approximate surface area is 122 Å². The lowest BCUT2D eigenvalue weighted by Gasteiger charge is -2.33. The molecule has 0 radical (unpaired) electrons. The van der Waals surface area contributed by atoms with E-state index in [-0.39, 0.29) is 10.8 Å². The van der Waals surface area contributed by atoms with Gasteiger partial charge in [-0.25, -0.2) is 0 Å². The molecule has 3 rings (SSSR count). The topological polar surface area (TPSA) is 17.1 Å². The van der Waals surface area contributed by atoms with Gasteiger partial charge in [-0.2, -0.15) is 0 Å². The van der Waals surface area contributed by atoms with Crippen LogP contribution < -0.4 is 0 Å². The largest absolute Gasteiger partial charge is 0.299 e. The molecule has 20 heavy (non-hydrogen) atoms. The van der Waals surface area contributed by atoms with E-state index in [1.165, 1.54) is 17.5 Å². The van der Waals surface area contributed by atoms with Gasteiger partial charge in [-0.15, -0.1) is 0 Å². The van der Waals surface area contributed by atoms with E-state index >= 15 is 0 Å². The van der Waals surface area contributed by atoms with Gasteiger partial charge in [0.1, 0.15) is 5.78 Å². The Kier molecular flexibility index (Phi) is 3.12. The molecule has 0 amide bonds. The minimum absolute atomic E-state index is 0.129. The van der Waals surface area contributed by atoms with E-state index in [4.69, 9.17) is 0 Å². The molecular weight excluding hydrogens is 244 g/mol. The summed E-state index contributed by atoms with van der Waals surface area (Å²) in [6, 6.07) is 8.67. The second-order valence-corrected chi connectivity index (χ2v) is 6.98. The van der Waals surface area contributed by atoms with E-state index in [0.29, 0.717) is 11.7 Å². The number of carbonyl (C=O) groups excluding carboxylic acids is 1. The zero-order valence-corrected chi connectivity index (χ0v) is 12.8. The van der Waals surface area contributed by atoms with Crippen LogP contribution in [0.3, 0.4) is 0 Å². The lowest BCUT2D eigenvalue weighted by molar-refractivity contribution is -0.126. The predicted octanol–water partition coefficient (Wildman–Crippen LogP) is 4.66. The first kappa shape index (κ1) is 13.6. The van der Waals surface area contributed by atoms with Crippen molar-refractivity contribution in [2.75, 3.05) is 0 Å². The van der Waals surface area contributed by atoms with Crippen molar-refractivity contribution < 1.29 is 4.79 Å². The van der Waals surface area contributed by atoms with Gasteiger partial charge < -0.3 is 0 Å². The van der Waals surface area contributed by atoms with Gasteiger partial charge in [0.2, 0.25) is 0 Å². The summed E-state index contributed by atoms with van der Waals surface area (Å²) in [5, 5.41) is 0. The van der Waals surface area contributed by atoms with Gasteiger partial charge >= 0.3 is 0 Å². The number of carbonyl (C=O) groups is 1. The van der Waals surface area contributed by atoms with Crippen molar-refractivity contribution >= 4 is 11.9 Å². The maximum atomic E-state index is 12.4. The molecule has 0 aromatic heterocycles. The van der Waals surface area contributed by atoms with Crippen LogP contribution in [0, 0.1) is 16.7 Å². The molecular formula is C19H24O. The SMILES string of the molecule is CCc1ccc(C=CC23CCC(CC2=O)C3(C)C)cc1. The Hall–Kier alpha value is -1.37. The molecule has 0 N–H and O–H groups in total. The average Bonchev–Trinajstić information content (AvgIpc) is 2.80. The molecule has 106 valence electrons. The fourth-order valence-corrected chi connectivity index (χ4v) is 4.21. The molecule has 2 atom stereocenters. The van der Waals surface area contributed by atoms with E-state index in [1.54, 1.807) is 0 Å². The number of allylic oxidation sites excluding steroid dienone is 1. The van der Waals surface area contributed by atoms with Gasteiger partial charge in [0.25, 0.3) is 0 Å². The van der Waals surface area contributed by atoms with Crippen LogP contribution >= 0.6 is 0 Å². The van der Waals surface area contributed by atoms with E-state index in [9.17, 15) is 4.79 Å². The zero-order valence-electron chi connectivity index (χ0n) is 12.8. The maximum absolute atomic E-state index is 12.4. The van der Waals surface area contributed by atoms with Crippen molar-refractivity contribution in [1.82, 2.24) is 0 Å². The molecule has 2 aliphatic carbocycles. The summed E-state index contributed by atoms with van der Waals surface area (Å²) < 4.78 is 0. The summed E-state index contributed by atoms with van der Waals surface area (Å²) >= 11 is 0. The predicted molar refractivity (Wildman–Crippen MR) is 83.4 cm³/mol. The summed E-state index contributed by atoms with van der Waals surface area (Å²) in [6.07, 6.45) is 8.47. The van der Waals surface area contributed by atoms with Crippen molar-refractivity contribution in [3.63, 3.8) is 0 Å². The van der Waals surface area contributed by atoms with Crippen molar-refractivity contribution in [3.8, 4) is 0 Å². The van der Waals surface area contributed by atoms with Crippen LogP contribution in [0.4, 0.5) is 0 Å². The fraction of sp³-hybridized carbons (Fsp3) is 0.526. The molecule has 2 aliphatic rings. The molecule has 0 aliphatic heterocycles. The first-order valence-corrected chi connectivity index (χ1v) is 7.81. The highest BCUT2D eigenvalue weighted by Gasteiger charge is 2.62. The van der Waals surface area contributed by atoms with Crippen LogP contribution in [0.5, 0.6) is 0 Å². The van der Waals surface area contributed by atoms with Gasteiger partial charge in [-0.05, 0) is 41.7 Å². The summed E-state index contributed by atoms with van der Waals surface area (Å²) in [5.41, 5.74) is 2.49. The van der Waals surface area contributed by atoms with Gasteiger partial charge in [-0.3, -0.25) is 4.79 Å². The number of Topliss-reactive ketones (excluding diaryl/α,β-unsaturated/α-hetero) is 1. The summed E-state index contributed by atoms with van der Waals surface area (Å²) in [5.74, 6) is 1.04. The van der Waals surface area contributed by atoms with E-state index in [1.807, 2.05) is 0 Å². The smallest absolute Gasteiger partial charge is 0.143 e. The number of ketones is 1. The van der Waals surface area contributed by atoms with Crippen molar-refractivity contribution in [2.24, 2.45) is 16.7 Å². The van der Waals surface area contributed by atoms with Crippen LogP contribution in [-0.4, -0.2) is 5.78 Å². The third-order valence-corrected chi connectivity index (χ3v) is 5.94. The molecule has 1 heteroatoms. The molecule has 1 aromatic carbocycles. The Morgan fingerprint density at radius 1 is 1.25 bits per heavy atom. The third-order valence-electron chi connectivity index (χ3n) is 5.94. The second-order valence-electron chi connectivity index (χ2n) is 6.98. The highest BCUT2D eigenvalue weighted by Crippen LogP contribution is 2.64. The number of benzene rings is 1. The molecule has 1 nitrogen and oxygen atoms in total. The fourth-order valence-electron chi connectivity index (χ4n) is 4.21. The quantitative estimate of drug-likeness (QED) is 0.779. The summed E-state index contributed by atoms with van der Waals surface area (Å²) in [7, 11) is 0. The van der Waals surface area contributed by atoms with Gasteiger partial charge in [0.05, 0.1) is 5.41 Å². The number of hydrogen-bond donors (Lipinski definition) is 0. The molecule has 2 bridgehead atoms. The van der Waals surface area contributed by atoms with Gasteiger partial charge in [0.15, 0.2) is 0 Å². The van der Waals surface area contributed by atoms with Crippen molar-refractivity contribution in [3.05, 3.63) is 41.5 Å². The molecule has 2 saturated carbocycles. The van der Waals surface area contributed by atoms with Crippen LogP contribution in [0.25, 0.3) is 6.08 Å². The van der Waals surface area contributed by atoms with Crippen molar-refractivity contribution in [2.45, 2.75) is 46.5 Å². The number of hydrogen-bond acceptors (Lipinski definition) is 1. The maximum Gasteiger partial charge on any atom is 0.143 e. The lowest BCUT2D eigenvalue weighted by atomic mass is 9.68. The van der Waals surface area contributed by atoms with Crippen LogP contribution in [0.15, 0.2) is 30.3 Å². The van der Waals surface area contributed by atoms with E-state index in [0.717, 1.165) is 19.3 Å². The Morgan fingerprint density at radius 2 is 1.95 bits per heavy atom. The molecule has 2 fully saturated rings. The van der Waals surface area contributed by atoms with E-state index in [2.05, 4.69) is 57.2 Å². The molecule has 0 saturated heterocycles. The average molecular weight is 268 g/mol. The highest BCUT2D eigenvalue weighted by atomic mass is 16.1. The zero-order chi connectivity index (χ0) is 14.4. The first-order valence-electron chi connectivity index (χ1n) is 7.81. The highest BCUT2D eigenvalue weighted by molar-refractivity contribution is 5.92. The number of fused-ring (bicyclic) bond motifs is 2. The standard InChI is InChI=1S/C19H24O/c1-4-14-5-7-15(8-6-14)9-11-19-12-10-16(13-17(19)20)18(19,2)3/h5-9,11,16H,4,10,12-13H2,1-3H3. The van der Waals surface area contributed by atoms with Crippen molar-refractivity contribution in [1.29, 1.82) is 0 Å². The normalized spacial score (nSPS) is 31.4. The Morgan fingerprint density at radius 3 is 2.45 bits per heavy atom. The summed E-state index contributed by atoms with van der Waals surface area (Å²) in [4.78, 5) is 12.4. The first-order chi connectivity index (χ1) is 9.49. The number of rotatable bonds is 3. The lowest BCUT2D eigenvalue weighted by Crippen LogP contribution is -2.33. The Bertz CT molecular complexity index is 550. The van der Waals surface area contributed by atoms with Crippen LogP contribution in [0.2, 0.25) is 0 Å². The number of aryl methyl sites for hydroxylation is 1. The van der Waals surface area contributed by atoms with E-state index < -0.39 is 0 Å². The molecule has 0 spiro atoms. The Balaban J connectivity index is 1.89. The molecule has 2 unspecified atom stereocenters. The molecule has 0 heterocycles.